The fourth-order valence-electron chi connectivity index (χ4n) is 8.12. The van der Waals surface area contributed by atoms with E-state index in [4.69, 9.17) is 11.2 Å². The van der Waals surface area contributed by atoms with E-state index >= 15 is 0 Å². The van der Waals surface area contributed by atoms with Crippen molar-refractivity contribution in [2.75, 3.05) is 37.6 Å². The van der Waals surface area contributed by atoms with Gasteiger partial charge in [-0.05, 0) is 73.9 Å². The number of aryl methyl sites for hydroxylation is 2. The Hall–Kier alpha value is -4.57. The molecule has 0 saturated carbocycles. The van der Waals surface area contributed by atoms with Gasteiger partial charge >= 0.3 is 5.97 Å². The van der Waals surface area contributed by atoms with Crippen LogP contribution >= 0.6 is 0 Å². The molecule has 0 radical (unpaired) electrons. The second-order valence-corrected chi connectivity index (χ2v) is 12.3. The fraction of sp³-hybridized carbons (Fsp3) is 0.361. The van der Waals surface area contributed by atoms with Crippen molar-refractivity contribution < 1.29 is 19.4 Å². The highest BCUT2D eigenvalue weighted by molar-refractivity contribution is 6.03. The molecule has 7 nitrogen and oxygen atoms in total. The van der Waals surface area contributed by atoms with Gasteiger partial charge in [-0.3, -0.25) is 4.79 Å². The number of nitrogens with one attached hydrogen (secondary N) is 1. The Bertz CT molecular complexity index is 1930. The fourth-order valence-corrected chi connectivity index (χ4v) is 8.12. The van der Waals surface area contributed by atoms with E-state index in [1.807, 2.05) is 0 Å². The Kier molecular flexibility index (Phi) is 6.08. The van der Waals surface area contributed by atoms with Crippen molar-refractivity contribution >= 4 is 23.1 Å². The quantitative estimate of drug-likeness (QED) is 0.290. The molecule has 0 fully saturated rings. The van der Waals surface area contributed by atoms with Crippen molar-refractivity contribution in [3.8, 4) is 23.8 Å². The summed E-state index contributed by atoms with van der Waals surface area (Å²) in [5.74, 6) is 2.71. The minimum absolute atomic E-state index is 0.0776. The predicted molar refractivity (Wildman–Crippen MR) is 165 cm³/mol. The molecular weight excluding hydrogens is 538 g/mol. The summed E-state index contributed by atoms with van der Waals surface area (Å²) in [6.07, 6.45) is 13.6. The molecule has 3 aromatic rings. The van der Waals surface area contributed by atoms with Gasteiger partial charge in [0, 0.05) is 64.7 Å². The Balaban J connectivity index is 1.47. The number of anilines is 1. The van der Waals surface area contributed by atoms with Crippen LogP contribution in [-0.4, -0.2) is 49.7 Å². The molecule has 0 atom stereocenters. The van der Waals surface area contributed by atoms with Crippen LogP contribution in [0.3, 0.4) is 0 Å². The predicted octanol–water partition coefficient (Wildman–Crippen LogP) is 3.18. The van der Waals surface area contributed by atoms with Gasteiger partial charge in [-0.25, -0.2) is 9.37 Å². The lowest BCUT2D eigenvalue weighted by Gasteiger charge is -2.39. The summed E-state index contributed by atoms with van der Waals surface area (Å²) in [6, 6.07) is 9.53. The van der Waals surface area contributed by atoms with Crippen molar-refractivity contribution in [1.82, 2.24) is 9.89 Å². The topological polar surface area (TPSA) is 81.9 Å². The normalized spacial score (nSPS) is 17.5. The maximum absolute atomic E-state index is 12.9. The molecule has 216 valence electrons. The summed E-state index contributed by atoms with van der Waals surface area (Å²) in [4.78, 5) is 28.2. The molecule has 7 heteroatoms. The van der Waals surface area contributed by atoms with E-state index in [-0.39, 0.29) is 23.6 Å². The lowest BCUT2D eigenvalue weighted by molar-refractivity contribution is 0.0696. The van der Waals surface area contributed by atoms with Gasteiger partial charge in [0.1, 0.15) is 24.6 Å². The zero-order valence-corrected chi connectivity index (χ0v) is 24.2. The number of carbonyl (C=O) groups excluding carboxylic acids is 1. The van der Waals surface area contributed by atoms with Gasteiger partial charge in [0.15, 0.2) is 0 Å². The van der Waals surface area contributed by atoms with Crippen LogP contribution in [0.5, 0.6) is 11.5 Å². The average Bonchev–Trinajstić information content (AvgIpc) is 3.03. The van der Waals surface area contributed by atoms with Gasteiger partial charge in [-0.15, -0.1) is 6.42 Å². The number of fused-ring (bicyclic) bond motifs is 4. The van der Waals surface area contributed by atoms with E-state index in [1.54, 1.807) is 12.1 Å². The van der Waals surface area contributed by atoms with Crippen LogP contribution in [0, 0.1) is 12.3 Å². The van der Waals surface area contributed by atoms with E-state index in [9.17, 15) is 14.7 Å². The minimum Gasteiger partial charge on any atom is -0.478 e. The average molecular weight is 573 g/mol. The highest BCUT2D eigenvalue weighted by atomic mass is 16.5. The van der Waals surface area contributed by atoms with Crippen molar-refractivity contribution in [1.29, 1.82) is 0 Å². The number of carbonyl (C=O) groups is 2. The van der Waals surface area contributed by atoms with Crippen molar-refractivity contribution in [3.63, 3.8) is 0 Å². The standard InChI is InChI=1S/C36H33N3O4/c1-2-13-37-35(40)23-11-12-24(27(20-23)36(41)42)30-28-18-21-7-3-14-38-16-5-9-25(31(21)38)33(28)43-34-26-10-6-17-39-15-4-8-22(32(26)39)19-29(30)34/h1,11-12,18-20H,3-10,13-17H2,(H-,37,40,41,42)/p+1. The van der Waals surface area contributed by atoms with Gasteiger partial charge in [0.25, 0.3) is 5.91 Å². The number of terminal acetylenes is 1. The lowest BCUT2D eigenvalue weighted by atomic mass is 9.81. The van der Waals surface area contributed by atoms with Gasteiger partial charge < -0.3 is 20.1 Å². The Morgan fingerprint density at radius 3 is 2.51 bits per heavy atom. The van der Waals surface area contributed by atoms with E-state index in [0.29, 0.717) is 5.56 Å². The molecule has 0 spiro atoms. The van der Waals surface area contributed by atoms with E-state index in [2.05, 4.69) is 32.8 Å². The molecule has 3 aromatic carbocycles. The number of amides is 1. The summed E-state index contributed by atoms with van der Waals surface area (Å²) in [6.45, 7) is 4.32. The summed E-state index contributed by atoms with van der Waals surface area (Å²) >= 11 is 0. The van der Waals surface area contributed by atoms with Gasteiger partial charge in [0.2, 0.25) is 5.36 Å². The maximum atomic E-state index is 12.9. The first-order chi connectivity index (χ1) is 21.0. The number of rotatable bonds is 4. The number of ether oxygens (including phenoxy) is 1. The summed E-state index contributed by atoms with van der Waals surface area (Å²) in [7, 11) is 0. The maximum Gasteiger partial charge on any atom is 0.336 e. The largest absolute Gasteiger partial charge is 0.478 e. The highest BCUT2D eigenvalue weighted by Gasteiger charge is 2.36. The number of aromatic carboxylic acids is 1. The van der Waals surface area contributed by atoms with Crippen molar-refractivity contribution in [3.05, 3.63) is 85.4 Å². The van der Waals surface area contributed by atoms with E-state index < -0.39 is 5.97 Å². The first kappa shape index (κ1) is 26.1. The number of hydrogen-bond donors (Lipinski definition) is 2. The molecule has 5 aliphatic rings. The van der Waals surface area contributed by atoms with Crippen LogP contribution < -0.4 is 30.1 Å². The Morgan fingerprint density at radius 2 is 1.70 bits per heavy atom. The molecule has 5 aliphatic heterocycles. The molecule has 1 amide bonds. The summed E-state index contributed by atoms with van der Waals surface area (Å²) in [5.41, 5.74) is 9.31. The smallest absolute Gasteiger partial charge is 0.336 e. The third kappa shape index (κ3) is 4.00. The molecule has 43 heavy (non-hydrogen) atoms. The summed E-state index contributed by atoms with van der Waals surface area (Å²) in [5, 5.41) is 15.5. The molecule has 0 saturated heterocycles. The summed E-state index contributed by atoms with van der Waals surface area (Å²) < 4.78 is 9.59. The van der Waals surface area contributed by atoms with Crippen LogP contribution in [0.4, 0.5) is 5.69 Å². The van der Waals surface area contributed by atoms with Crippen LogP contribution in [0.15, 0.2) is 30.3 Å². The Morgan fingerprint density at radius 1 is 0.930 bits per heavy atom. The number of carboxylic acids is 1. The zero-order chi connectivity index (χ0) is 29.2. The third-order valence-corrected chi connectivity index (χ3v) is 9.82. The van der Waals surface area contributed by atoms with Crippen LogP contribution in [-0.2, 0) is 25.7 Å². The molecule has 0 unspecified atom stereocenters. The van der Waals surface area contributed by atoms with Crippen molar-refractivity contribution in [2.24, 2.45) is 0 Å². The SMILES string of the molecule is C#CCNC(=O)c1ccc(C2=c3cc4c5c(c3Oc3c2cc2c6c3CCCN6CCC2)CCC[N+]=5CCC4)c(C(=O)O)c1. The first-order valence-electron chi connectivity index (χ1n) is 15.6. The van der Waals surface area contributed by atoms with Gasteiger partial charge in [0.05, 0.1) is 17.7 Å². The van der Waals surface area contributed by atoms with Gasteiger partial charge in [-0.1, -0.05) is 12.0 Å². The zero-order valence-electron chi connectivity index (χ0n) is 24.2. The molecular formula is C36H34N3O4+. The monoisotopic (exact) mass is 572 g/mol. The second kappa shape index (κ2) is 10.0. The number of carboxylic acid groups (broad SMARTS) is 1. The molecule has 0 bridgehead atoms. The molecule has 0 aromatic heterocycles. The number of nitrogens with zero attached hydrogens (tertiary/aromatic N) is 2. The molecule has 2 N–H and O–H groups in total. The third-order valence-electron chi connectivity index (χ3n) is 9.82. The van der Waals surface area contributed by atoms with Crippen LogP contribution in [0.2, 0.25) is 0 Å². The number of hydrogen-bond acceptors (Lipinski definition) is 4. The molecule has 8 rings (SSSR count). The second-order valence-electron chi connectivity index (χ2n) is 12.3. The first-order valence-corrected chi connectivity index (χ1v) is 15.6. The Labute approximate surface area is 250 Å². The van der Waals surface area contributed by atoms with Gasteiger partial charge in [-0.2, -0.15) is 0 Å². The minimum atomic E-state index is -1.07. The van der Waals surface area contributed by atoms with Crippen molar-refractivity contribution in [2.45, 2.75) is 51.4 Å². The highest BCUT2D eigenvalue weighted by Crippen LogP contribution is 2.48. The van der Waals surface area contributed by atoms with E-state index in [0.717, 1.165) is 105 Å². The molecule has 0 aliphatic carbocycles. The molecule has 5 heterocycles. The van der Waals surface area contributed by atoms with Crippen LogP contribution in [0.1, 0.15) is 79.8 Å². The number of benzene rings is 3. The lowest BCUT2D eigenvalue weighted by Crippen LogP contribution is -2.45. The van der Waals surface area contributed by atoms with Crippen LogP contribution in [0.25, 0.3) is 5.57 Å². The van der Waals surface area contributed by atoms with E-state index in [1.165, 1.54) is 39.4 Å².